The molecule has 1 aromatic heterocycles. The maximum atomic E-state index is 12.9. The Labute approximate surface area is 191 Å². The van der Waals surface area contributed by atoms with Gasteiger partial charge in [0, 0.05) is 37.5 Å². The van der Waals surface area contributed by atoms with Gasteiger partial charge in [0.05, 0.1) is 12.1 Å². The van der Waals surface area contributed by atoms with Crippen molar-refractivity contribution in [3.8, 4) is 11.1 Å². The molecule has 1 aromatic carbocycles. The van der Waals surface area contributed by atoms with Gasteiger partial charge in [-0.05, 0) is 54.4 Å². The maximum absolute atomic E-state index is 12.9. The largest absolute Gasteiger partial charge is 0.390 e. The molecule has 2 aromatic rings. The molecular weight excluding hydrogens is 396 g/mol. The fraction of sp³-hybridized carbons (Fsp3) is 0.357. The van der Waals surface area contributed by atoms with E-state index in [1.54, 1.807) is 12.3 Å². The average molecular weight is 429 g/mol. The molecule has 1 saturated heterocycles. The molecule has 2 aliphatic rings. The molecule has 0 bridgehead atoms. The van der Waals surface area contributed by atoms with Crippen LogP contribution in [0.2, 0.25) is 0 Å². The number of rotatable bonds is 8. The first-order valence-electron chi connectivity index (χ1n) is 11.4. The summed E-state index contributed by atoms with van der Waals surface area (Å²) in [4.78, 5) is 19.3. The summed E-state index contributed by atoms with van der Waals surface area (Å²) in [5, 5.41) is 11.2. The second-order valence-electron chi connectivity index (χ2n) is 9.24. The quantitative estimate of drug-likeness (QED) is 0.470. The lowest BCUT2D eigenvalue weighted by Gasteiger charge is -2.26. The predicted octanol–water partition coefficient (Wildman–Crippen LogP) is 5.08. The van der Waals surface area contributed by atoms with Crippen LogP contribution >= 0.6 is 0 Å². The monoisotopic (exact) mass is 428 g/mol. The van der Waals surface area contributed by atoms with Crippen LogP contribution in [0.4, 0.5) is 0 Å². The average Bonchev–Trinajstić information content (AvgIpc) is 3.28. The van der Waals surface area contributed by atoms with Crippen molar-refractivity contribution in [1.29, 1.82) is 0 Å². The molecule has 4 heteroatoms. The molecule has 2 fully saturated rings. The highest BCUT2D eigenvalue weighted by Crippen LogP contribution is 2.46. The number of carbonyl (C=O) groups is 1. The molecule has 1 aliphatic heterocycles. The first-order chi connectivity index (χ1) is 15.5. The van der Waals surface area contributed by atoms with Gasteiger partial charge in [0.2, 0.25) is 0 Å². The second kappa shape index (κ2) is 9.76. The minimum absolute atomic E-state index is 0.155. The van der Waals surface area contributed by atoms with E-state index in [1.807, 2.05) is 61.7 Å². The van der Waals surface area contributed by atoms with Crippen molar-refractivity contribution >= 4 is 5.78 Å². The van der Waals surface area contributed by atoms with Gasteiger partial charge in [0.25, 0.3) is 0 Å². The minimum atomic E-state index is -0.651. The van der Waals surface area contributed by atoms with E-state index in [0.29, 0.717) is 24.8 Å². The van der Waals surface area contributed by atoms with Crippen LogP contribution in [0, 0.1) is 11.8 Å². The lowest BCUT2D eigenvalue weighted by Crippen LogP contribution is -2.33. The van der Waals surface area contributed by atoms with Crippen LogP contribution < -0.4 is 0 Å². The van der Waals surface area contributed by atoms with E-state index in [1.165, 1.54) is 0 Å². The molecule has 0 spiro atoms. The summed E-state index contributed by atoms with van der Waals surface area (Å²) in [6.07, 6.45) is 13.7. The summed E-state index contributed by atoms with van der Waals surface area (Å²) < 4.78 is 0. The first kappa shape index (κ1) is 22.4. The number of ketones is 1. The van der Waals surface area contributed by atoms with Crippen LogP contribution in [0.15, 0.2) is 85.2 Å². The Balaban J connectivity index is 1.32. The van der Waals surface area contributed by atoms with Crippen molar-refractivity contribution in [2.45, 2.75) is 31.8 Å². The molecular formula is C28H32N2O2. The summed E-state index contributed by atoms with van der Waals surface area (Å²) in [7, 11) is 0. The third-order valence-corrected chi connectivity index (χ3v) is 6.75. The minimum Gasteiger partial charge on any atom is -0.390 e. The van der Waals surface area contributed by atoms with E-state index in [2.05, 4.69) is 22.5 Å². The van der Waals surface area contributed by atoms with Gasteiger partial charge in [-0.2, -0.15) is 0 Å². The number of likely N-dealkylation sites (tertiary alicyclic amines) is 1. The van der Waals surface area contributed by atoms with Crippen molar-refractivity contribution < 1.29 is 9.90 Å². The van der Waals surface area contributed by atoms with Gasteiger partial charge in [-0.15, -0.1) is 0 Å². The van der Waals surface area contributed by atoms with E-state index < -0.39 is 5.60 Å². The highest BCUT2D eigenvalue weighted by atomic mass is 16.3. The number of Topliss-reactive ketones (excluding diaryl/α,β-unsaturated/α-hetero) is 1. The molecule has 4 rings (SSSR count). The van der Waals surface area contributed by atoms with E-state index in [-0.39, 0.29) is 5.78 Å². The van der Waals surface area contributed by atoms with Gasteiger partial charge in [-0.1, -0.05) is 61.2 Å². The Hall–Kier alpha value is -2.82. The first-order valence-corrected chi connectivity index (χ1v) is 11.4. The molecule has 1 N–H and O–H groups in total. The summed E-state index contributed by atoms with van der Waals surface area (Å²) in [6.45, 7) is 7.99. The van der Waals surface area contributed by atoms with Gasteiger partial charge >= 0.3 is 0 Å². The predicted molar refractivity (Wildman–Crippen MR) is 129 cm³/mol. The lowest BCUT2D eigenvalue weighted by atomic mass is 9.90. The Morgan fingerprint density at radius 2 is 1.91 bits per heavy atom. The highest BCUT2D eigenvalue weighted by Gasteiger charge is 2.48. The van der Waals surface area contributed by atoms with Gasteiger partial charge < -0.3 is 5.11 Å². The van der Waals surface area contributed by atoms with Crippen molar-refractivity contribution in [3.05, 3.63) is 90.8 Å². The van der Waals surface area contributed by atoms with Crippen molar-refractivity contribution in [2.24, 2.45) is 11.8 Å². The number of fused-ring (bicyclic) bond motifs is 1. The summed E-state index contributed by atoms with van der Waals surface area (Å²) >= 11 is 0. The number of aromatic nitrogens is 1. The summed E-state index contributed by atoms with van der Waals surface area (Å²) in [5.74, 6) is 1.06. The van der Waals surface area contributed by atoms with Crippen LogP contribution in [0.5, 0.6) is 0 Å². The molecule has 0 radical (unpaired) electrons. The smallest absolute Gasteiger partial charge is 0.176 e. The van der Waals surface area contributed by atoms with Crippen molar-refractivity contribution in [2.75, 3.05) is 19.6 Å². The van der Waals surface area contributed by atoms with Crippen LogP contribution in [0.1, 0.15) is 36.5 Å². The Bertz CT molecular complexity index is 993. The number of aliphatic hydroxyl groups is 1. The molecule has 1 aliphatic carbocycles. The molecule has 4 nitrogen and oxygen atoms in total. The lowest BCUT2D eigenvalue weighted by molar-refractivity contribution is 0.0363. The topological polar surface area (TPSA) is 53.4 Å². The third kappa shape index (κ3) is 5.14. The number of carbonyl (C=O) groups excluding carboxylic acids is 1. The number of hydrogen-bond acceptors (Lipinski definition) is 4. The van der Waals surface area contributed by atoms with Crippen LogP contribution in [0.3, 0.4) is 0 Å². The number of nitrogens with zero attached hydrogens (tertiary/aromatic N) is 2. The standard InChI is InChI=1S/C28H32N2O2/c1-3-6-21(7-4-2)14-28(32)15-25-18-30(19-26(25)16-28)20-27(31)23-11-9-22(10-12-23)24-8-5-13-29-17-24/h3-13,17,25-26,32H,1,14-16,18-20H2,2H3/b7-4-,21-6+/t25-,26+,28?. The molecule has 1 unspecified atom stereocenters. The van der Waals surface area contributed by atoms with Crippen LogP contribution in [0.25, 0.3) is 11.1 Å². The molecule has 32 heavy (non-hydrogen) atoms. The van der Waals surface area contributed by atoms with Gasteiger partial charge in [-0.25, -0.2) is 0 Å². The highest BCUT2D eigenvalue weighted by molar-refractivity contribution is 5.98. The van der Waals surface area contributed by atoms with Crippen molar-refractivity contribution in [1.82, 2.24) is 9.88 Å². The fourth-order valence-electron chi connectivity index (χ4n) is 5.43. The second-order valence-corrected chi connectivity index (χ2v) is 9.24. The van der Waals surface area contributed by atoms with Crippen molar-refractivity contribution in [3.63, 3.8) is 0 Å². The SMILES string of the molecule is C=C/C=C(\C=C/C)CC1(O)C[C@H]2CN(CC(=O)c3ccc(-c4cccnc4)cc3)C[C@H]2C1. The zero-order valence-corrected chi connectivity index (χ0v) is 18.8. The fourth-order valence-corrected chi connectivity index (χ4v) is 5.43. The summed E-state index contributed by atoms with van der Waals surface area (Å²) in [5.41, 5.74) is 3.32. The molecule has 2 heterocycles. The third-order valence-electron chi connectivity index (χ3n) is 6.75. The zero-order chi connectivity index (χ0) is 22.6. The molecule has 0 amide bonds. The Kier molecular flexibility index (Phi) is 6.83. The van der Waals surface area contributed by atoms with E-state index in [0.717, 1.165) is 48.2 Å². The van der Waals surface area contributed by atoms with Gasteiger partial charge in [0.1, 0.15) is 0 Å². The normalized spacial score (nSPS) is 25.9. The number of pyridine rings is 1. The molecule has 3 atom stereocenters. The van der Waals surface area contributed by atoms with E-state index >= 15 is 0 Å². The Morgan fingerprint density at radius 1 is 1.19 bits per heavy atom. The van der Waals surface area contributed by atoms with E-state index in [4.69, 9.17) is 0 Å². The number of hydrogen-bond donors (Lipinski definition) is 1. The summed E-state index contributed by atoms with van der Waals surface area (Å²) in [6, 6.07) is 11.7. The van der Waals surface area contributed by atoms with Gasteiger partial charge in [0.15, 0.2) is 5.78 Å². The maximum Gasteiger partial charge on any atom is 0.176 e. The van der Waals surface area contributed by atoms with Gasteiger partial charge in [-0.3, -0.25) is 14.7 Å². The van der Waals surface area contributed by atoms with E-state index in [9.17, 15) is 9.90 Å². The molecule has 166 valence electrons. The van der Waals surface area contributed by atoms with Crippen LogP contribution in [-0.4, -0.2) is 46.0 Å². The zero-order valence-electron chi connectivity index (χ0n) is 18.8. The van der Waals surface area contributed by atoms with Crippen LogP contribution in [-0.2, 0) is 0 Å². The molecule has 1 saturated carbocycles. The number of benzene rings is 1. The number of allylic oxidation sites excluding steroid dienone is 4. The Morgan fingerprint density at radius 3 is 2.50 bits per heavy atom.